The van der Waals surface area contributed by atoms with Gasteiger partial charge in [-0.3, -0.25) is 4.79 Å². The van der Waals surface area contributed by atoms with E-state index in [1.807, 2.05) is 20.8 Å². The van der Waals surface area contributed by atoms with E-state index in [0.717, 1.165) is 0 Å². The van der Waals surface area contributed by atoms with Gasteiger partial charge in [0.05, 0.1) is 11.7 Å². The van der Waals surface area contributed by atoms with E-state index in [4.69, 9.17) is 0 Å². The lowest BCUT2D eigenvalue weighted by atomic mass is 9.89. The first-order valence-electron chi connectivity index (χ1n) is 6.08. The van der Waals surface area contributed by atoms with Crippen LogP contribution >= 0.6 is 11.8 Å². The molecular formula is C13H18F2N2O2S. The third-order valence-corrected chi connectivity index (χ3v) is 3.40. The van der Waals surface area contributed by atoms with Gasteiger partial charge in [-0.2, -0.15) is 8.78 Å². The monoisotopic (exact) mass is 304 g/mol. The van der Waals surface area contributed by atoms with Crippen molar-refractivity contribution >= 4 is 17.7 Å². The van der Waals surface area contributed by atoms with Gasteiger partial charge in [0.2, 0.25) is 0 Å². The summed E-state index contributed by atoms with van der Waals surface area (Å²) in [6, 6.07) is 2.93. The number of pyridine rings is 1. The highest BCUT2D eigenvalue weighted by atomic mass is 32.2. The molecule has 0 spiro atoms. The van der Waals surface area contributed by atoms with Gasteiger partial charge in [0.15, 0.2) is 0 Å². The lowest BCUT2D eigenvalue weighted by Crippen LogP contribution is -2.39. The van der Waals surface area contributed by atoms with Gasteiger partial charge in [-0.15, -0.1) is 0 Å². The van der Waals surface area contributed by atoms with Gasteiger partial charge < -0.3 is 10.4 Å². The maximum Gasteiger partial charge on any atom is 0.290 e. The molecule has 0 fully saturated rings. The standard InChI is InChI=1S/C13H18F2N2O2S/c1-13(2,3)9(18)7-17-10(19)8-5-4-6-16-11(8)20-12(14)15/h4-6,9,12,18H,7H2,1-3H3,(H,17,19). The van der Waals surface area contributed by atoms with E-state index in [1.54, 1.807) is 0 Å². The van der Waals surface area contributed by atoms with E-state index in [-0.39, 0.29) is 34.3 Å². The topological polar surface area (TPSA) is 62.2 Å². The molecule has 0 saturated carbocycles. The summed E-state index contributed by atoms with van der Waals surface area (Å²) in [5.74, 6) is -3.17. The average Bonchev–Trinajstić information content (AvgIpc) is 2.34. The second-order valence-corrected chi connectivity index (χ2v) is 6.31. The Morgan fingerprint density at radius 3 is 2.70 bits per heavy atom. The highest BCUT2D eigenvalue weighted by Crippen LogP contribution is 2.26. The Balaban J connectivity index is 2.73. The first kappa shape index (κ1) is 16.8. The summed E-state index contributed by atoms with van der Waals surface area (Å²) in [6.07, 6.45) is 0.625. The number of nitrogens with zero attached hydrogens (tertiary/aromatic N) is 1. The maximum absolute atomic E-state index is 12.4. The van der Waals surface area contributed by atoms with Gasteiger partial charge in [-0.1, -0.05) is 20.8 Å². The normalized spacial score (nSPS) is 13.3. The third kappa shape index (κ3) is 5.05. The van der Waals surface area contributed by atoms with Crippen LogP contribution in [0.4, 0.5) is 8.78 Å². The molecule has 1 atom stereocenters. The average molecular weight is 304 g/mol. The fraction of sp³-hybridized carbons (Fsp3) is 0.538. The summed E-state index contributed by atoms with van der Waals surface area (Å²) in [7, 11) is 0. The van der Waals surface area contributed by atoms with Gasteiger partial charge in [0, 0.05) is 12.7 Å². The molecule has 112 valence electrons. The SMILES string of the molecule is CC(C)(C)C(O)CNC(=O)c1cccnc1SC(F)F. The van der Waals surface area contributed by atoms with Crippen molar-refractivity contribution in [3.8, 4) is 0 Å². The van der Waals surface area contributed by atoms with Gasteiger partial charge in [0.1, 0.15) is 5.03 Å². The van der Waals surface area contributed by atoms with Crippen molar-refractivity contribution in [2.24, 2.45) is 5.41 Å². The van der Waals surface area contributed by atoms with Gasteiger partial charge in [-0.25, -0.2) is 4.98 Å². The molecule has 1 rings (SSSR count). The summed E-state index contributed by atoms with van der Waals surface area (Å²) in [5, 5.41) is 12.3. The van der Waals surface area contributed by atoms with E-state index in [0.29, 0.717) is 0 Å². The van der Waals surface area contributed by atoms with E-state index >= 15 is 0 Å². The molecule has 1 aromatic heterocycles. The van der Waals surface area contributed by atoms with Gasteiger partial charge >= 0.3 is 0 Å². The van der Waals surface area contributed by atoms with Crippen molar-refractivity contribution in [2.45, 2.75) is 37.7 Å². The largest absolute Gasteiger partial charge is 0.391 e. The van der Waals surface area contributed by atoms with Crippen molar-refractivity contribution in [3.63, 3.8) is 0 Å². The molecule has 1 unspecified atom stereocenters. The minimum Gasteiger partial charge on any atom is -0.391 e. The minimum atomic E-state index is -2.64. The Bertz CT molecular complexity index is 464. The fourth-order valence-corrected chi connectivity index (χ4v) is 1.91. The molecule has 0 radical (unpaired) electrons. The first-order valence-corrected chi connectivity index (χ1v) is 6.96. The second kappa shape index (κ2) is 6.99. The molecule has 1 amide bonds. The molecule has 20 heavy (non-hydrogen) atoms. The zero-order valence-corrected chi connectivity index (χ0v) is 12.4. The number of carbonyl (C=O) groups is 1. The van der Waals surface area contributed by atoms with Crippen LogP contribution < -0.4 is 5.32 Å². The smallest absolute Gasteiger partial charge is 0.290 e. The zero-order chi connectivity index (χ0) is 15.3. The Kier molecular flexibility index (Phi) is 5.88. The molecule has 0 aliphatic carbocycles. The summed E-state index contributed by atoms with van der Waals surface area (Å²) >= 11 is 0.225. The molecule has 0 bridgehead atoms. The number of nitrogens with one attached hydrogen (secondary N) is 1. The van der Waals surface area contributed by atoms with Crippen LogP contribution in [0.1, 0.15) is 31.1 Å². The quantitative estimate of drug-likeness (QED) is 0.821. The first-order chi connectivity index (χ1) is 9.21. The number of hydrogen-bond donors (Lipinski definition) is 2. The van der Waals surface area contributed by atoms with Crippen LogP contribution in [0, 0.1) is 5.41 Å². The Morgan fingerprint density at radius 2 is 2.15 bits per heavy atom. The number of aliphatic hydroxyl groups is 1. The molecule has 0 aliphatic heterocycles. The van der Waals surface area contributed by atoms with Crippen molar-refractivity contribution in [2.75, 3.05) is 6.54 Å². The van der Waals surface area contributed by atoms with Crippen LogP contribution in [0.2, 0.25) is 0 Å². The number of halogens is 2. The van der Waals surface area contributed by atoms with Gasteiger partial charge in [-0.05, 0) is 29.3 Å². The fourth-order valence-electron chi connectivity index (χ4n) is 1.33. The Morgan fingerprint density at radius 1 is 1.50 bits per heavy atom. The van der Waals surface area contributed by atoms with Crippen LogP contribution in [0.3, 0.4) is 0 Å². The minimum absolute atomic E-state index is 0.0229. The molecule has 2 N–H and O–H groups in total. The number of thioether (sulfide) groups is 1. The van der Waals surface area contributed by atoms with E-state index in [2.05, 4.69) is 10.3 Å². The summed E-state index contributed by atoms with van der Waals surface area (Å²) < 4.78 is 24.8. The van der Waals surface area contributed by atoms with Crippen molar-refractivity contribution in [1.29, 1.82) is 0 Å². The summed E-state index contributed by atoms with van der Waals surface area (Å²) in [4.78, 5) is 15.7. The zero-order valence-electron chi connectivity index (χ0n) is 11.6. The molecular weight excluding hydrogens is 286 g/mol. The predicted molar refractivity (Wildman–Crippen MR) is 73.9 cm³/mol. The molecule has 1 aromatic rings. The molecule has 0 aromatic carbocycles. The predicted octanol–water partition coefficient (Wildman–Crippen LogP) is 2.53. The lowest BCUT2D eigenvalue weighted by Gasteiger charge is -2.25. The highest BCUT2D eigenvalue weighted by Gasteiger charge is 2.23. The Hall–Kier alpha value is -1.21. The molecule has 0 saturated heterocycles. The van der Waals surface area contributed by atoms with Crippen LogP contribution in [0.15, 0.2) is 23.4 Å². The second-order valence-electron chi connectivity index (χ2n) is 5.33. The maximum atomic E-state index is 12.4. The number of aromatic nitrogens is 1. The van der Waals surface area contributed by atoms with E-state index in [1.165, 1.54) is 18.3 Å². The van der Waals surface area contributed by atoms with Crippen LogP contribution in [-0.4, -0.2) is 34.4 Å². The highest BCUT2D eigenvalue weighted by molar-refractivity contribution is 7.99. The number of carbonyl (C=O) groups excluding carboxylic acids is 1. The van der Waals surface area contributed by atoms with Crippen molar-refractivity contribution < 1.29 is 18.7 Å². The van der Waals surface area contributed by atoms with Gasteiger partial charge in [0.25, 0.3) is 11.7 Å². The molecule has 0 aliphatic rings. The van der Waals surface area contributed by atoms with E-state index < -0.39 is 17.8 Å². The number of aliphatic hydroxyl groups excluding tert-OH is 1. The summed E-state index contributed by atoms with van der Waals surface area (Å²) in [5.41, 5.74) is -0.290. The molecule has 4 nitrogen and oxygen atoms in total. The number of hydrogen-bond acceptors (Lipinski definition) is 4. The third-order valence-electron chi connectivity index (χ3n) is 2.67. The van der Waals surface area contributed by atoms with Crippen LogP contribution in [0.25, 0.3) is 0 Å². The number of rotatable bonds is 5. The van der Waals surface area contributed by atoms with E-state index in [9.17, 15) is 18.7 Å². The Labute approximate surface area is 121 Å². The number of alkyl halides is 2. The van der Waals surface area contributed by atoms with Crippen LogP contribution in [0.5, 0.6) is 0 Å². The van der Waals surface area contributed by atoms with Crippen LogP contribution in [-0.2, 0) is 0 Å². The number of amides is 1. The molecule has 7 heteroatoms. The molecule has 1 heterocycles. The van der Waals surface area contributed by atoms with Crippen molar-refractivity contribution in [3.05, 3.63) is 23.9 Å². The summed E-state index contributed by atoms with van der Waals surface area (Å²) in [6.45, 7) is 5.57. The lowest BCUT2D eigenvalue weighted by molar-refractivity contribution is 0.0586. The van der Waals surface area contributed by atoms with Crippen molar-refractivity contribution in [1.82, 2.24) is 10.3 Å².